The maximum atomic E-state index is 5.42. The zero-order valence-electron chi connectivity index (χ0n) is 8.20. The molecule has 14 heavy (non-hydrogen) atoms. The van der Waals surface area contributed by atoms with Gasteiger partial charge in [0.05, 0.1) is 17.9 Å². The molecule has 0 fully saturated rings. The number of hydrogen-bond acceptors (Lipinski definition) is 4. The molecule has 1 aromatic heterocycles. The minimum atomic E-state index is 0.0320. The normalized spacial score (nSPS) is 11.6. The number of nitrogens with zero attached hydrogens (tertiary/aromatic N) is 2. The lowest BCUT2D eigenvalue weighted by Gasteiger charge is -2.12. The average molecular weight is 190 g/mol. The summed E-state index contributed by atoms with van der Waals surface area (Å²) >= 11 is 0. The molecule has 0 saturated carbocycles. The summed E-state index contributed by atoms with van der Waals surface area (Å²) in [5, 5.41) is 0. The molecule has 0 aromatic carbocycles. The number of rotatable bonds is 4. The van der Waals surface area contributed by atoms with Crippen LogP contribution in [0.1, 0.15) is 31.5 Å². The van der Waals surface area contributed by atoms with E-state index >= 15 is 0 Å². The van der Waals surface area contributed by atoms with Crippen LogP contribution in [0.5, 0.6) is 0 Å². The van der Waals surface area contributed by atoms with Gasteiger partial charge in [0.1, 0.15) is 0 Å². The van der Waals surface area contributed by atoms with Gasteiger partial charge in [-0.15, -0.1) is 11.8 Å². The Morgan fingerprint density at radius 2 is 2.43 bits per heavy atom. The summed E-state index contributed by atoms with van der Waals surface area (Å²) in [4.78, 5) is 8.16. The second kappa shape index (κ2) is 6.08. The SMILES string of the molecule is CC#CCCC(NN)c1cnccn1. The molecule has 1 atom stereocenters. The van der Waals surface area contributed by atoms with Gasteiger partial charge in [0.15, 0.2) is 0 Å². The smallest absolute Gasteiger partial charge is 0.0769 e. The summed E-state index contributed by atoms with van der Waals surface area (Å²) in [5.74, 6) is 11.3. The van der Waals surface area contributed by atoms with Gasteiger partial charge in [-0.2, -0.15) is 0 Å². The summed E-state index contributed by atoms with van der Waals surface area (Å²) in [6.07, 6.45) is 6.66. The Hall–Kier alpha value is -1.44. The van der Waals surface area contributed by atoms with E-state index in [4.69, 9.17) is 5.84 Å². The molecule has 0 aliphatic heterocycles. The van der Waals surface area contributed by atoms with Crippen LogP contribution in [-0.4, -0.2) is 9.97 Å². The highest BCUT2D eigenvalue weighted by Crippen LogP contribution is 2.12. The third kappa shape index (κ3) is 3.13. The number of nitrogens with one attached hydrogen (secondary N) is 1. The Labute approximate surface area is 83.9 Å². The molecule has 1 aromatic rings. The van der Waals surface area contributed by atoms with E-state index in [1.165, 1.54) is 0 Å². The van der Waals surface area contributed by atoms with Crippen molar-refractivity contribution >= 4 is 0 Å². The fourth-order valence-corrected chi connectivity index (χ4v) is 1.15. The minimum absolute atomic E-state index is 0.0320. The lowest BCUT2D eigenvalue weighted by Crippen LogP contribution is -2.28. The predicted octanol–water partition coefficient (Wildman–Crippen LogP) is 0.785. The van der Waals surface area contributed by atoms with Crippen molar-refractivity contribution in [3.8, 4) is 11.8 Å². The first-order valence-corrected chi connectivity index (χ1v) is 4.50. The Bertz CT molecular complexity index is 312. The molecule has 3 N–H and O–H groups in total. The topological polar surface area (TPSA) is 63.8 Å². The van der Waals surface area contributed by atoms with Crippen molar-refractivity contribution in [3.63, 3.8) is 0 Å². The zero-order chi connectivity index (χ0) is 10.2. The molecule has 1 heterocycles. The third-order valence-corrected chi connectivity index (χ3v) is 1.88. The van der Waals surface area contributed by atoms with Crippen LogP contribution in [0.2, 0.25) is 0 Å². The van der Waals surface area contributed by atoms with Gasteiger partial charge in [0, 0.05) is 18.8 Å². The van der Waals surface area contributed by atoms with Gasteiger partial charge in [-0.05, 0) is 13.3 Å². The maximum Gasteiger partial charge on any atom is 0.0769 e. The van der Waals surface area contributed by atoms with Gasteiger partial charge in [0.2, 0.25) is 0 Å². The average Bonchev–Trinajstić information content (AvgIpc) is 2.26. The quantitative estimate of drug-likeness (QED) is 0.418. The molecular formula is C10H14N4. The molecule has 0 bridgehead atoms. The summed E-state index contributed by atoms with van der Waals surface area (Å²) in [6.45, 7) is 1.83. The van der Waals surface area contributed by atoms with Gasteiger partial charge >= 0.3 is 0 Å². The molecule has 0 aliphatic carbocycles. The summed E-state index contributed by atoms with van der Waals surface area (Å²) in [6, 6.07) is 0.0320. The minimum Gasteiger partial charge on any atom is -0.271 e. The zero-order valence-corrected chi connectivity index (χ0v) is 8.20. The first kappa shape index (κ1) is 10.6. The number of hydrogen-bond donors (Lipinski definition) is 2. The van der Waals surface area contributed by atoms with Crippen molar-refractivity contribution in [2.75, 3.05) is 0 Å². The van der Waals surface area contributed by atoms with Crippen molar-refractivity contribution in [1.29, 1.82) is 0 Å². The van der Waals surface area contributed by atoms with E-state index < -0.39 is 0 Å². The largest absolute Gasteiger partial charge is 0.271 e. The monoisotopic (exact) mass is 190 g/mol. The third-order valence-electron chi connectivity index (χ3n) is 1.88. The van der Waals surface area contributed by atoms with E-state index in [0.29, 0.717) is 0 Å². The fraction of sp³-hybridized carbons (Fsp3) is 0.400. The van der Waals surface area contributed by atoms with Crippen molar-refractivity contribution in [2.24, 2.45) is 5.84 Å². The lowest BCUT2D eigenvalue weighted by molar-refractivity contribution is 0.509. The highest BCUT2D eigenvalue weighted by Gasteiger charge is 2.09. The van der Waals surface area contributed by atoms with E-state index in [-0.39, 0.29) is 6.04 Å². The van der Waals surface area contributed by atoms with Crippen LogP contribution < -0.4 is 11.3 Å². The molecule has 4 nitrogen and oxygen atoms in total. The van der Waals surface area contributed by atoms with Crippen molar-refractivity contribution in [2.45, 2.75) is 25.8 Å². The van der Waals surface area contributed by atoms with Crippen LogP contribution in [0.15, 0.2) is 18.6 Å². The second-order valence-electron chi connectivity index (χ2n) is 2.81. The molecule has 0 amide bonds. The van der Waals surface area contributed by atoms with Crippen LogP contribution in [0.4, 0.5) is 0 Å². The van der Waals surface area contributed by atoms with Gasteiger partial charge < -0.3 is 0 Å². The Kier molecular flexibility index (Phi) is 4.62. The summed E-state index contributed by atoms with van der Waals surface area (Å²) in [7, 11) is 0. The highest BCUT2D eigenvalue weighted by molar-refractivity contribution is 5.04. The van der Waals surface area contributed by atoms with Crippen LogP contribution >= 0.6 is 0 Å². The standard InChI is InChI=1S/C10H14N4/c1-2-3-4-5-9(14-11)10-8-12-6-7-13-10/h6-9,14H,4-5,11H2,1H3. The molecule has 0 radical (unpaired) electrons. The van der Waals surface area contributed by atoms with E-state index in [1.807, 2.05) is 6.92 Å². The molecular weight excluding hydrogens is 176 g/mol. The Morgan fingerprint density at radius 1 is 1.57 bits per heavy atom. The van der Waals surface area contributed by atoms with E-state index in [1.54, 1.807) is 18.6 Å². The van der Waals surface area contributed by atoms with E-state index in [0.717, 1.165) is 18.5 Å². The van der Waals surface area contributed by atoms with Gasteiger partial charge in [-0.25, -0.2) is 0 Å². The molecule has 0 aliphatic rings. The van der Waals surface area contributed by atoms with Gasteiger partial charge in [-0.1, -0.05) is 0 Å². The molecule has 0 saturated heterocycles. The number of aromatic nitrogens is 2. The second-order valence-corrected chi connectivity index (χ2v) is 2.81. The molecule has 1 rings (SSSR count). The van der Waals surface area contributed by atoms with Crippen molar-refractivity contribution in [1.82, 2.24) is 15.4 Å². The van der Waals surface area contributed by atoms with Crippen LogP contribution in [0.25, 0.3) is 0 Å². The molecule has 4 heteroatoms. The summed E-state index contributed by atoms with van der Waals surface area (Å²) in [5.41, 5.74) is 3.56. The molecule has 0 spiro atoms. The van der Waals surface area contributed by atoms with Crippen molar-refractivity contribution < 1.29 is 0 Å². The predicted molar refractivity (Wildman–Crippen MR) is 54.8 cm³/mol. The first-order chi connectivity index (χ1) is 6.88. The lowest BCUT2D eigenvalue weighted by atomic mass is 10.1. The van der Waals surface area contributed by atoms with Crippen molar-refractivity contribution in [3.05, 3.63) is 24.3 Å². The molecule has 1 unspecified atom stereocenters. The Morgan fingerprint density at radius 3 is 3.00 bits per heavy atom. The van der Waals surface area contributed by atoms with Crippen LogP contribution in [0.3, 0.4) is 0 Å². The van der Waals surface area contributed by atoms with E-state index in [9.17, 15) is 0 Å². The summed E-state index contributed by atoms with van der Waals surface area (Å²) < 4.78 is 0. The fourth-order valence-electron chi connectivity index (χ4n) is 1.15. The number of nitrogens with two attached hydrogens (primary N) is 1. The highest BCUT2D eigenvalue weighted by atomic mass is 15.2. The van der Waals surface area contributed by atoms with Gasteiger partial charge in [0.25, 0.3) is 0 Å². The van der Waals surface area contributed by atoms with E-state index in [2.05, 4.69) is 27.2 Å². The van der Waals surface area contributed by atoms with Crippen LogP contribution in [0, 0.1) is 11.8 Å². The van der Waals surface area contributed by atoms with Crippen LogP contribution in [-0.2, 0) is 0 Å². The molecule has 74 valence electrons. The maximum absolute atomic E-state index is 5.42. The number of hydrazine groups is 1. The Balaban J connectivity index is 2.57. The van der Waals surface area contributed by atoms with Gasteiger partial charge in [-0.3, -0.25) is 21.2 Å². The first-order valence-electron chi connectivity index (χ1n) is 4.50.